The number of aldehydes is 2. The van der Waals surface area contributed by atoms with E-state index in [1.54, 1.807) is 69.7 Å². The molecule has 0 N–H and O–H groups in total. The fraction of sp³-hybridized carbons (Fsp3) is 0.250. The number of ether oxygens (including phenoxy) is 8. The summed E-state index contributed by atoms with van der Waals surface area (Å²) in [7, 11) is 3.41. The predicted molar refractivity (Wildman–Crippen MR) is 230 cm³/mol. The molecule has 1 aliphatic carbocycles. The highest BCUT2D eigenvalue weighted by Crippen LogP contribution is 2.46. The third-order valence-corrected chi connectivity index (χ3v) is 8.84. The van der Waals surface area contributed by atoms with Crippen LogP contribution in [0.3, 0.4) is 0 Å². The van der Waals surface area contributed by atoms with Gasteiger partial charge in [0.2, 0.25) is 0 Å². The van der Waals surface area contributed by atoms with Gasteiger partial charge in [-0.15, -0.1) is 0 Å². The van der Waals surface area contributed by atoms with Crippen LogP contribution in [0.1, 0.15) is 58.0 Å². The molecule has 5 rings (SSSR count). The van der Waals surface area contributed by atoms with Gasteiger partial charge in [-0.25, -0.2) is 14.4 Å². The Balaban J connectivity index is 0.000000249. The standard InChI is InChI=1S/C16H18O6.C16H16O6.C16H16O2/c2*1-3-15(18)21-11-14(22-16(19)4-2)10-20-13-7-5-12(9-17)6-8-13;1-10-15-8-11(17-2)4-6-13(15)14-7-5-12(18-3)9-16(10)14/h3,5-9,14H,1,4,10-11H2,2H3;3-9,14H,1-2,10-11H2;4-10H,1-3H3. The molecule has 0 heterocycles. The summed E-state index contributed by atoms with van der Waals surface area (Å²) < 4.78 is 41.3. The zero-order valence-electron chi connectivity index (χ0n) is 35.1. The van der Waals surface area contributed by atoms with Crippen molar-refractivity contribution >= 4 is 36.4 Å². The third-order valence-electron chi connectivity index (χ3n) is 8.84. The van der Waals surface area contributed by atoms with E-state index in [4.69, 9.17) is 37.9 Å². The van der Waals surface area contributed by atoms with Gasteiger partial charge in [-0.2, -0.15) is 0 Å². The fourth-order valence-corrected chi connectivity index (χ4v) is 5.56. The van der Waals surface area contributed by atoms with Gasteiger partial charge in [-0.05, 0) is 95.1 Å². The van der Waals surface area contributed by atoms with E-state index in [-0.39, 0.29) is 32.8 Å². The highest BCUT2D eigenvalue weighted by atomic mass is 16.6. The quantitative estimate of drug-likeness (QED) is 0.0370. The zero-order chi connectivity index (χ0) is 45.4. The minimum atomic E-state index is -0.792. The van der Waals surface area contributed by atoms with Gasteiger partial charge in [-0.3, -0.25) is 14.4 Å². The van der Waals surface area contributed by atoms with Crippen LogP contribution in [0.2, 0.25) is 0 Å². The summed E-state index contributed by atoms with van der Waals surface area (Å²) in [6.07, 6.45) is 3.17. The van der Waals surface area contributed by atoms with Crippen molar-refractivity contribution in [3.8, 4) is 34.1 Å². The van der Waals surface area contributed by atoms with Crippen molar-refractivity contribution in [2.24, 2.45) is 0 Å². The summed E-state index contributed by atoms with van der Waals surface area (Å²) in [5.74, 6) is 0.918. The lowest BCUT2D eigenvalue weighted by Crippen LogP contribution is -2.30. The molecule has 2 unspecified atom stereocenters. The summed E-state index contributed by atoms with van der Waals surface area (Å²) in [4.78, 5) is 65.8. The van der Waals surface area contributed by atoms with Gasteiger partial charge in [0.1, 0.15) is 62.0 Å². The second kappa shape index (κ2) is 25.9. The normalized spacial score (nSPS) is 11.6. The lowest BCUT2D eigenvalue weighted by molar-refractivity contribution is -0.158. The summed E-state index contributed by atoms with van der Waals surface area (Å²) in [6.45, 7) is 13.4. The van der Waals surface area contributed by atoms with Crippen LogP contribution < -0.4 is 18.9 Å². The molecule has 0 saturated heterocycles. The van der Waals surface area contributed by atoms with Crippen LogP contribution in [0.25, 0.3) is 11.1 Å². The molecule has 0 spiro atoms. The van der Waals surface area contributed by atoms with Gasteiger partial charge in [-0.1, -0.05) is 45.7 Å². The Labute approximate surface area is 360 Å². The summed E-state index contributed by atoms with van der Waals surface area (Å²) in [5, 5.41) is 0. The van der Waals surface area contributed by atoms with Gasteiger partial charge >= 0.3 is 23.9 Å². The lowest BCUT2D eigenvalue weighted by Gasteiger charge is -2.18. The molecule has 4 aromatic carbocycles. The number of fused-ring (bicyclic) bond motifs is 3. The fourth-order valence-electron chi connectivity index (χ4n) is 5.56. The van der Waals surface area contributed by atoms with Crippen molar-refractivity contribution in [1.82, 2.24) is 0 Å². The van der Waals surface area contributed by atoms with E-state index >= 15 is 0 Å². The SMILES string of the molecule is C=CC(=O)OCC(COc1ccc(C=O)cc1)OC(=O)C=C.C=CC(=O)OCC(COc1ccc(C=O)cc1)OC(=O)CC.COc1ccc2c(c1)C(C)c1cc(OC)ccc1-2. The van der Waals surface area contributed by atoms with Crippen molar-refractivity contribution in [2.45, 2.75) is 38.4 Å². The van der Waals surface area contributed by atoms with E-state index in [0.29, 0.717) is 34.8 Å². The number of rotatable bonds is 20. The minimum Gasteiger partial charge on any atom is -0.497 e. The molecule has 0 radical (unpaired) electrons. The topological polar surface area (TPSA) is 176 Å². The molecular formula is C48H50O14. The molecule has 0 fully saturated rings. The van der Waals surface area contributed by atoms with Crippen LogP contribution in [0.15, 0.2) is 123 Å². The Bertz CT molecular complexity index is 2100. The molecule has 62 heavy (non-hydrogen) atoms. The number of carbonyl (C=O) groups is 6. The van der Waals surface area contributed by atoms with Crippen molar-refractivity contribution in [1.29, 1.82) is 0 Å². The Morgan fingerprint density at radius 3 is 1.31 bits per heavy atom. The van der Waals surface area contributed by atoms with Gasteiger partial charge in [0, 0.05) is 41.7 Å². The van der Waals surface area contributed by atoms with E-state index in [2.05, 4.69) is 50.9 Å². The van der Waals surface area contributed by atoms with Gasteiger partial charge in [0.25, 0.3) is 0 Å². The smallest absolute Gasteiger partial charge is 0.330 e. The van der Waals surface area contributed by atoms with Crippen LogP contribution in [-0.2, 0) is 38.1 Å². The van der Waals surface area contributed by atoms with Crippen LogP contribution in [0.5, 0.6) is 23.0 Å². The Morgan fingerprint density at radius 1 is 0.565 bits per heavy atom. The molecule has 1 aliphatic rings. The first kappa shape index (κ1) is 48.9. The van der Waals surface area contributed by atoms with E-state index in [1.165, 1.54) is 22.3 Å². The highest BCUT2D eigenvalue weighted by Gasteiger charge is 2.26. The van der Waals surface area contributed by atoms with Crippen LogP contribution >= 0.6 is 0 Å². The summed E-state index contributed by atoms with van der Waals surface area (Å²) >= 11 is 0. The summed E-state index contributed by atoms with van der Waals surface area (Å²) in [5.41, 5.74) is 6.32. The summed E-state index contributed by atoms with van der Waals surface area (Å²) in [6, 6.07) is 25.4. The highest BCUT2D eigenvalue weighted by molar-refractivity contribution is 5.83. The van der Waals surface area contributed by atoms with Gasteiger partial charge in [0.05, 0.1) is 14.2 Å². The number of esters is 4. The number of hydrogen-bond donors (Lipinski definition) is 0. The van der Waals surface area contributed by atoms with Gasteiger partial charge in [0.15, 0.2) is 12.2 Å². The van der Waals surface area contributed by atoms with Crippen molar-refractivity contribution in [3.05, 3.63) is 145 Å². The van der Waals surface area contributed by atoms with E-state index < -0.39 is 36.1 Å². The minimum absolute atomic E-state index is 0.0234. The van der Waals surface area contributed by atoms with Crippen molar-refractivity contribution < 1.29 is 66.7 Å². The number of hydrogen-bond acceptors (Lipinski definition) is 14. The molecule has 4 aromatic rings. The van der Waals surface area contributed by atoms with Crippen LogP contribution in [0.4, 0.5) is 0 Å². The monoisotopic (exact) mass is 850 g/mol. The number of methoxy groups -OCH3 is 2. The molecule has 14 nitrogen and oxygen atoms in total. The second-order valence-corrected chi connectivity index (χ2v) is 13.0. The molecule has 0 bridgehead atoms. The van der Waals surface area contributed by atoms with Gasteiger partial charge < -0.3 is 37.9 Å². The average Bonchev–Trinajstić information content (AvgIpc) is 3.60. The van der Waals surface area contributed by atoms with Crippen LogP contribution in [0, 0.1) is 0 Å². The third kappa shape index (κ3) is 15.6. The molecule has 2 atom stereocenters. The van der Waals surface area contributed by atoms with Crippen molar-refractivity contribution in [2.75, 3.05) is 40.6 Å². The molecule has 326 valence electrons. The molecular weight excluding hydrogens is 801 g/mol. The average molecular weight is 851 g/mol. The molecule has 0 aromatic heterocycles. The Hall–Kier alpha value is -7.48. The maximum absolute atomic E-state index is 11.4. The first-order chi connectivity index (χ1) is 29.9. The first-order valence-corrected chi connectivity index (χ1v) is 19.2. The van der Waals surface area contributed by atoms with Crippen molar-refractivity contribution in [3.63, 3.8) is 0 Å². The molecule has 0 saturated carbocycles. The maximum Gasteiger partial charge on any atom is 0.330 e. The number of benzene rings is 4. The number of carbonyl (C=O) groups excluding carboxylic acids is 6. The first-order valence-electron chi connectivity index (χ1n) is 19.2. The molecule has 0 aliphatic heterocycles. The van der Waals surface area contributed by atoms with E-state index in [9.17, 15) is 28.8 Å². The second-order valence-electron chi connectivity index (χ2n) is 13.0. The van der Waals surface area contributed by atoms with E-state index in [0.717, 1.165) is 36.0 Å². The van der Waals surface area contributed by atoms with E-state index in [1.807, 2.05) is 12.1 Å². The Kier molecular flexibility index (Phi) is 20.4. The Morgan fingerprint density at radius 2 is 0.952 bits per heavy atom. The lowest BCUT2D eigenvalue weighted by atomic mass is 9.99. The predicted octanol–water partition coefficient (Wildman–Crippen LogP) is 7.47. The zero-order valence-corrected chi connectivity index (χ0v) is 35.1. The largest absolute Gasteiger partial charge is 0.497 e. The molecule has 14 heteroatoms. The maximum atomic E-state index is 11.4. The van der Waals surface area contributed by atoms with Crippen LogP contribution in [-0.4, -0.2) is 89.3 Å². The molecule has 0 amide bonds.